The summed E-state index contributed by atoms with van der Waals surface area (Å²) in [7, 11) is 0. The Labute approximate surface area is 148 Å². The van der Waals surface area contributed by atoms with Crippen LogP contribution in [0.4, 0.5) is 5.69 Å². The van der Waals surface area contributed by atoms with E-state index in [4.69, 9.17) is 0 Å². The lowest BCUT2D eigenvalue weighted by Gasteiger charge is -2.24. The van der Waals surface area contributed by atoms with Gasteiger partial charge < -0.3 is 10.2 Å². The molecule has 1 heterocycles. The first-order valence-electron chi connectivity index (χ1n) is 9.31. The molecule has 25 heavy (non-hydrogen) atoms. The third kappa shape index (κ3) is 3.26. The molecule has 1 aliphatic heterocycles. The Kier molecular flexibility index (Phi) is 4.43. The van der Waals surface area contributed by atoms with Gasteiger partial charge in [0.25, 0.3) is 0 Å². The second-order valence-corrected chi connectivity index (χ2v) is 7.25. The molecule has 4 heteroatoms. The molecular formula is C21H24N2O2. The van der Waals surface area contributed by atoms with E-state index in [-0.39, 0.29) is 17.7 Å². The lowest BCUT2D eigenvalue weighted by molar-refractivity contribution is -0.127. The smallest absolute Gasteiger partial charge is 0.227 e. The third-order valence-corrected chi connectivity index (χ3v) is 5.50. The number of carbonyl (C=O) groups is 2. The van der Waals surface area contributed by atoms with E-state index in [9.17, 15) is 9.59 Å². The monoisotopic (exact) mass is 336 g/mol. The van der Waals surface area contributed by atoms with E-state index >= 15 is 0 Å². The number of benzene rings is 2. The fourth-order valence-corrected chi connectivity index (χ4v) is 4.13. The topological polar surface area (TPSA) is 49.4 Å². The van der Waals surface area contributed by atoms with Crippen molar-refractivity contribution in [2.75, 3.05) is 11.4 Å². The Bertz CT molecular complexity index is 790. The van der Waals surface area contributed by atoms with Crippen LogP contribution in [0.15, 0.2) is 42.5 Å². The first-order chi connectivity index (χ1) is 12.2. The Balaban J connectivity index is 1.51. The van der Waals surface area contributed by atoms with Gasteiger partial charge in [-0.3, -0.25) is 9.59 Å². The molecule has 1 aliphatic carbocycles. The fraction of sp³-hybridized carbons (Fsp3) is 0.429. The van der Waals surface area contributed by atoms with Crippen molar-refractivity contribution in [3.8, 4) is 0 Å². The molecule has 4 nitrogen and oxygen atoms in total. The fourth-order valence-electron chi connectivity index (χ4n) is 4.13. The average molecular weight is 336 g/mol. The molecule has 1 atom stereocenters. The van der Waals surface area contributed by atoms with Crippen molar-refractivity contribution in [1.29, 1.82) is 0 Å². The standard InChI is InChI=1S/C21H24N2O2/c24-20-13-16(21(25)22-17-9-2-1-3-10-17)14-23(20)19-12-6-8-15-7-4-5-11-18(15)19/h4-8,11-12,16-17H,1-3,9-10,13-14H2,(H,22,25)/t16-/m1/s1. The number of amides is 2. The highest BCUT2D eigenvalue weighted by Crippen LogP contribution is 2.32. The van der Waals surface area contributed by atoms with Crippen molar-refractivity contribution in [3.63, 3.8) is 0 Å². The highest BCUT2D eigenvalue weighted by atomic mass is 16.2. The zero-order valence-corrected chi connectivity index (χ0v) is 14.4. The number of nitrogens with one attached hydrogen (secondary N) is 1. The van der Waals surface area contributed by atoms with Gasteiger partial charge in [0.05, 0.1) is 11.6 Å². The molecule has 1 saturated heterocycles. The summed E-state index contributed by atoms with van der Waals surface area (Å²) in [5.74, 6) is -0.156. The van der Waals surface area contributed by atoms with Crippen LogP contribution in [-0.2, 0) is 9.59 Å². The van der Waals surface area contributed by atoms with E-state index in [0.29, 0.717) is 19.0 Å². The van der Waals surface area contributed by atoms with Crippen LogP contribution < -0.4 is 10.2 Å². The van der Waals surface area contributed by atoms with Crippen molar-refractivity contribution in [1.82, 2.24) is 5.32 Å². The molecule has 0 unspecified atom stereocenters. The predicted molar refractivity (Wildman–Crippen MR) is 99.4 cm³/mol. The third-order valence-electron chi connectivity index (χ3n) is 5.50. The van der Waals surface area contributed by atoms with Crippen molar-refractivity contribution in [2.45, 2.75) is 44.6 Å². The molecule has 2 aromatic rings. The summed E-state index contributed by atoms with van der Waals surface area (Å²) in [6.45, 7) is 0.478. The predicted octanol–water partition coefficient (Wildman–Crippen LogP) is 3.64. The highest BCUT2D eigenvalue weighted by molar-refractivity contribution is 6.06. The van der Waals surface area contributed by atoms with Gasteiger partial charge in [-0.05, 0) is 24.3 Å². The Hall–Kier alpha value is -2.36. The largest absolute Gasteiger partial charge is 0.353 e. The van der Waals surface area contributed by atoms with Crippen LogP contribution in [0.2, 0.25) is 0 Å². The number of hydrogen-bond donors (Lipinski definition) is 1. The normalized spacial score (nSPS) is 21.7. The Morgan fingerprint density at radius 1 is 1.00 bits per heavy atom. The molecule has 0 radical (unpaired) electrons. The molecule has 1 N–H and O–H groups in total. The van der Waals surface area contributed by atoms with Crippen molar-refractivity contribution < 1.29 is 9.59 Å². The number of rotatable bonds is 3. The van der Waals surface area contributed by atoms with Gasteiger partial charge in [0.15, 0.2) is 0 Å². The van der Waals surface area contributed by atoms with Crippen molar-refractivity contribution >= 4 is 28.3 Å². The SMILES string of the molecule is O=C(NC1CCCCC1)[C@@H]1CC(=O)N(c2cccc3ccccc23)C1. The summed E-state index contributed by atoms with van der Waals surface area (Å²) in [4.78, 5) is 27.0. The maximum absolute atomic E-state index is 12.6. The maximum atomic E-state index is 12.6. The molecule has 0 aromatic heterocycles. The van der Waals surface area contributed by atoms with Crippen molar-refractivity contribution in [2.24, 2.45) is 5.92 Å². The van der Waals surface area contributed by atoms with E-state index in [2.05, 4.69) is 5.32 Å². The van der Waals surface area contributed by atoms with Crippen molar-refractivity contribution in [3.05, 3.63) is 42.5 Å². The zero-order valence-electron chi connectivity index (χ0n) is 14.4. The molecule has 2 amide bonds. The number of anilines is 1. The van der Waals surface area contributed by atoms with Crippen LogP contribution in [0.5, 0.6) is 0 Å². The van der Waals surface area contributed by atoms with Gasteiger partial charge in [-0.2, -0.15) is 0 Å². The summed E-state index contributed by atoms with van der Waals surface area (Å²) in [6, 6.07) is 14.4. The van der Waals surface area contributed by atoms with Crippen LogP contribution in [-0.4, -0.2) is 24.4 Å². The van der Waals surface area contributed by atoms with Gasteiger partial charge in [-0.15, -0.1) is 0 Å². The summed E-state index contributed by atoms with van der Waals surface area (Å²) in [5.41, 5.74) is 0.913. The van der Waals surface area contributed by atoms with E-state index in [1.807, 2.05) is 42.5 Å². The first-order valence-corrected chi connectivity index (χ1v) is 9.31. The summed E-state index contributed by atoms with van der Waals surface area (Å²) in [5, 5.41) is 5.35. The van der Waals surface area contributed by atoms with E-state index in [1.54, 1.807) is 4.90 Å². The lowest BCUT2D eigenvalue weighted by Crippen LogP contribution is -2.40. The highest BCUT2D eigenvalue weighted by Gasteiger charge is 2.36. The summed E-state index contributed by atoms with van der Waals surface area (Å²) >= 11 is 0. The first kappa shape index (κ1) is 16.1. The summed E-state index contributed by atoms with van der Waals surface area (Å²) in [6.07, 6.45) is 6.09. The second kappa shape index (κ2) is 6.87. The molecule has 2 fully saturated rings. The maximum Gasteiger partial charge on any atom is 0.227 e. The average Bonchev–Trinajstić information content (AvgIpc) is 3.04. The van der Waals surface area contributed by atoms with E-state index in [0.717, 1.165) is 29.3 Å². The van der Waals surface area contributed by atoms with Gasteiger partial charge >= 0.3 is 0 Å². The molecule has 4 rings (SSSR count). The van der Waals surface area contributed by atoms with Crippen LogP contribution >= 0.6 is 0 Å². The van der Waals surface area contributed by atoms with Gasteiger partial charge in [0.2, 0.25) is 11.8 Å². The van der Waals surface area contributed by atoms with E-state index in [1.165, 1.54) is 19.3 Å². The molecule has 0 bridgehead atoms. The molecule has 130 valence electrons. The van der Waals surface area contributed by atoms with Gasteiger partial charge in [-0.1, -0.05) is 55.7 Å². The molecular weight excluding hydrogens is 312 g/mol. The second-order valence-electron chi connectivity index (χ2n) is 7.25. The van der Waals surface area contributed by atoms with Gasteiger partial charge in [0, 0.05) is 24.4 Å². The minimum Gasteiger partial charge on any atom is -0.353 e. The number of hydrogen-bond acceptors (Lipinski definition) is 2. The van der Waals surface area contributed by atoms with Gasteiger partial charge in [-0.25, -0.2) is 0 Å². The van der Waals surface area contributed by atoms with Crippen LogP contribution in [0, 0.1) is 5.92 Å². The minimum absolute atomic E-state index is 0.0418. The molecule has 2 aromatic carbocycles. The molecule has 0 spiro atoms. The van der Waals surface area contributed by atoms with Crippen LogP contribution in [0.3, 0.4) is 0 Å². The Morgan fingerprint density at radius 3 is 2.60 bits per heavy atom. The van der Waals surface area contributed by atoms with E-state index < -0.39 is 0 Å². The minimum atomic E-state index is -0.242. The Morgan fingerprint density at radius 2 is 1.76 bits per heavy atom. The number of fused-ring (bicyclic) bond motifs is 1. The van der Waals surface area contributed by atoms with Crippen LogP contribution in [0.25, 0.3) is 10.8 Å². The molecule has 1 saturated carbocycles. The number of carbonyl (C=O) groups excluding carboxylic acids is 2. The summed E-state index contributed by atoms with van der Waals surface area (Å²) < 4.78 is 0. The molecule has 2 aliphatic rings. The number of nitrogens with zero attached hydrogens (tertiary/aromatic N) is 1. The lowest BCUT2D eigenvalue weighted by atomic mass is 9.95. The van der Waals surface area contributed by atoms with Crippen LogP contribution in [0.1, 0.15) is 38.5 Å². The van der Waals surface area contributed by atoms with Gasteiger partial charge in [0.1, 0.15) is 0 Å². The quantitative estimate of drug-likeness (QED) is 0.930. The zero-order chi connectivity index (χ0) is 17.2.